The molecule has 3 rings (SSSR count). The highest BCUT2D eigenvalue weighted by atomic mass is 35.5. The third kappa shape index (κ3) is 4.14. The average molecular weight is 410 g/mol. The smallest absolute Gasteiger partial charge is 0.253 e. The van der Waals surface area contributed by atoms with E-state index in [1.54, 1.807) is 0 Å². The van der Waals surface area contributed by atoms with Gasteiger partial charge in [-0.25, -0.2) is 13.4 Å². The van der Waals surface area contributed by atoms with Crippen LogP contribution in [0.2, 0.25) is 5.02 Å². The van der Waals surface area contributed by atoms with Crippen LogP contribution < -0.4 is 10.9 Å². The Morgan fingerprint density at radius 3 is 2.58 bits per heavy atom. The molecule has 9 heteroatoms. The number of carbonyl (C=O) groups excluding carboxylic acids is 1. The molecule has 0 radical (unpaired) electrons. The minimum Gasteiger partial charge on any atom is -0.273 e. The van der Waals surface area contributed by atoms with Crippen LogP contribution in [0.3, 0.4) is 0 Å². The van der Waals surface area contributed by atoms with Crippen molar-refractivity contribution in [2.24, 2.45) is 0 Å². The summed E-state index contributed by atoms with van der Waals surface area (Å²) in [6.07, 6.45) is 0. The van der Waals surface area contributed by atoms with Gasteiger partial charge < -0.3 is 0 Å². The molecule has 26 heavy (non-hydrogen) atoms. The molecule has 0 fully saturated rings. The van der Waals surface area contributed by atoms with Crippen LogP contribution in [-0.2, 0) is 14.6 Å². The normalized spacial score (nSPS) is 11.5. The molecule has 2 N–H and O–H groups in total. The maximum atomic E-state index is 12.2. The molecule has 1 aromatic heterocycles. The molecule has 1 amide bonds. The van der Waals surface area contributed by atoms with Crippen LogP contribution >= 0.6 is 22.9 Å². The van der Waals surface area contributed by atoms with Crippen LogP contribution in [0, 0.1) is 13.8 Å². The van der Waals surface area contributed by atoms with E-state index in [-0.39, 0.29) is 4.90 Å². The Balaban J connectivity index is 1.67. The number of rotatable bonds is 5. The lowest BCUT2D eigenvalue weighted by molar-refractivity contribution is -0.118. The predicted molar refractivity (Wildman–Crippen MR) is 104 cm³/mol. The monoisotopic (exact) mass is 409 g/mol. The summed E-state index contributed by atoms with van der Waals surface area (Å²) < 4.78 is 25.5. The van der Waals surface area contributed by atoms with Gasteiger partial charge in [0.05, 0.1) is 15.1 Å². The van der Waals surface area contributed by atoms with Crippen molar-refractivity contribution in [2.45, 2.75) is 18.7 Å². The van der Waals surface area contributed by atoms with E-state index in [0.29, 0.717) is 10.2 Å². The standard InChI is InChI=1S/C17H16ClN3O3S2/c1-10-7-11(2)16-14(8-10)25-17(19-16)21-20-15(22)9-26(23,24)13-5-3-12(18)4-6-13/h3-8H,9H2,1-2H3,(H,19,21)(H,20,22). The maximum absolute atomic E-state index is 12.2. The van der Waals surface area contributed by atoms with E-state index in [2.05, 4.69) is 15.8 Å². The highest BCUT2D eigenvalue weighted by Gasteiger charge is 2.19. The van der Waals surface area contributed by atoms with Crippen LogP contribution in [0.15, 0.2) is 41.3 Å². The third-order valence-electron chi connectivity index (χ3n) is 3.63. The number of thiazole rings is 1. The van der Waals surface area contributed by atoms with Gasteiger partial charge in [0.25, 0.3) is 5.91 Å². The number of carbonyl (C=O) groups is 1. The van der Waals surface area contributed by atoms with Gasteiger partial charge in [0, 0.05) is 5.02 Å². The summed E-state index contributed by atoms with van der Waals surface area (Å²) in [5, 5.41) is 0.919. The first-order valence-electron chi connectivity index (χ1n) is 7.65. The molecule has 0 unspecified atom stereocenters. The van der Waals surface area contributed by atoms with Gasteiger partial charge in [0.1, 0.15) is 5.75 Å². The Morgan fingerprint density at radius 1 is 1.19 bits per heavy atom. The molecule has 0 aliphatic carbocycles. The Bertz CT molecular complexity index is 1080. The van der Waals surface area contributed by atoms with Crippen LogP contribution in [-0.4, -0.2) is 25.1 Å². The molecule has 0 aliphatic heterocycles. The van der Waals surface area contributed by atoms with Gasteiger partial charge in [-0.3, -0.25) is 15.6 Å². The molecule has 6 nitrogen and oxygen atoms in total. The first-order valence-corrected chi connectivity index (χ1v) is 10.5. The number of nitrogens with zero attached hydrogens (tertiary/aromatic N) is 1. The fourth-order valence-electron chi connectivity index (χ4n) is 2.48. The van der Waals surface area contributed by atoms with E-state index in [1.165, 1.54) is 35.6 Å². The molecule has 0 atom stereocenters. The summed E-state index contributed by atoms with van der Waals surface area (Å²) in [5.74, 6) is -1.35. The van der Waals surface area contributed by atoms with Crippen LogP contribution in [0.25, 0.3) is 10.2 Å². The number of aryl methyl sites for hydroxylation is 2. The van der Waals surface area contributed by atoms with Crippen molar-refractivity contribution >= 4 is 54.0 Å². The molecule has 0 saturated carbocycles. The van der Waals surface area contributed by atoms with Crippen LogP contribution in [0.4, 0.5) is 5.13 Å². The van der Waals surface area contributed by atoms with Crippen molar-refractivity contribution in [3.05, 3.63) is 52.5 Å². The van der Waals surface area contributed by atoms with Gasteiger partial charge in [0.15, 0.2) is 9.84 Å². The van der Waals surface area contributed by atoms with Crippen molar-refractivity contribution in [1.82, 2.24) is 10.4 Å². The summed E-state index contributed by atoms with van der Waals surface area (Å²) in [6, 6.07) is 9.72. The fourth-order valence-corrected chi connectivity index (χ4v) is 4.74. The second-order valence-corrected chi connectivity index (χ2v) is 9.29. The second kappa shape index (κ2) is 7.22. The molecule has 1 heterocycles. The Labute approximate surface area is 160 Å². The van der Waals surface area contributed by atoms with E-state index in [0.717, 1.165) is 21.3 Å². The third-order valence-corrected chi connectivity index (χ3v) is 6.43. The van der Waals surface area contributed by atoms with Crippen molar-refractivity contribution < 1.29 is 13.2 Å². The van der Waals surface area contributed by atoms with Gasteiger partial charge in [-0.2, -0.15) is 0 Å². The molecule has 0 bridgehead atoms. The van der Waals surface area contributed by atoms with E-state index in [4.69, 9.17) is 11.6 Å². The zero-order chi connectivity index (χ0) is 18.9. The SMILES string of the molecule is Cc1cc(C)c2nc(NNC(=O)CS(=O)(=O)c3ccc(Cl)cc3)sc2c1. The Morgan fingerprint density at radius 2 is 1.88 bits per heavy atom. The lowest BCUT2D eigenvalue weighted by atomic mass is 10.1. The predicted octanol–water partition coefficient (Wildman–Crippen LogP) is 3.48. The number of hydrazine groups is 1. The van der Waals surface area contributed by atoms with E-state index in [9.17, 15) is 13.2 Å². The number of anilines is 1. The molecular formula is C17H16ClN3O3S2. The van der Waals surface area contributed by atoms with Crippen molar-refractivity contribution in [2.75, 3.05) is 11.2 Å². The highest BCUT2D eigenvalue weighted by Crippen LogP contribution is 2.28. The number of hydrogen-bond donors (Lipinski definition) is 2. The van der Waals surface area contributed by atoms with Crippen LogP contribution in [0.5, 0.6) is 0 Å². The average Bonchev–Trinajstić information content (AvgIpc) is 2.96. The van der Waals surface area contributed by atoms with Crippen molar-refractivity contribution in [3.63, 3.8) is 0 Å². The molecule has 0 saturated heterocycles. The summed E-state index contributed by atoms with van der Waals surface area (Å²) >= 11 is 7.13. The molecule has 0 spiro atoms. The quantitative estimate of drug-likeness (QED) is 0.630. The van der Waals surface area contributed by atoms with Gasteiger partial charge >= 0.3 is 0 Å². The lowest BCUT2D eigenvalue weighted by Gasteiger charge is -2.07. The number of hydrogen-bond acceptors (Lipinski definition) is 6. The van der Waals surface area contributed by atoms with Gasteiger partial charge in [0.2, 0.25) is 5.13 Å². The zero-order valence-corrected chi connectivity index (χ0v) is 16.4. The topological polar surface area (TPSA) is 88.2 Å². The number of nitrogens with one attached hydrogen (secondary N) is 2. The largest absolute Gasteiger partial charge is 0.273 e. The first kappa shape index (κ1) is 18.6. The van der Waals surface area contributed by atoms with Crippen molar-refractivity contribution in [1.29, 1.82) is 0 Å². The maximum Gasteiger partial charge on any atom is 0.253 e. The van der Waals surface area contributed by atoms with Gasteiger partial charge in [-0.15, -0.1) is 0 Å². The summed E-state index contributed by atoms with van der Waals surface area (Å²) in [7, 11) is -3.75. The molecule has 3 aromatic rings. The van der Waals surface area contributed by atoms with E-state index < -0.39 is 21.5 Å². The number of halogens is 1. The Hall–Kier alpha value is -2.16. The summed E-state index contributed by atoms with van der Waals surface area (Å²) in [4.78, 5) is 16.5. The van der Waals surface area contributed by atoms with Crippen molar-refractivity contribution in [3.8, 4) is 0 Å². The number of benzene rings is 2. The van der Waals surface area contributed by atoms with Crippen LogP contribution in [0.1, 0.15) is 11.1 Å². The zero-order valence-electron chi connectivity index (χ0n) is 14.0. The lowest BCUT2D eigenvalue weighted by Crippen LogP contribution is -2.34. The van der Waals surface area contributed by atoms with E-state index >= 15 is 0 Å². The summed E-state index contributed by atoms with van der Waals surface area (Å²) in [5.41, 5.74) is 8.09. The molecule has 136 valence electrons. The summed E-state index contributed by atoms with van der Waals surface area (Å²) in [6.45, 7) is 3.97. The first-order chi connectivity index (χ1) is 12.2. The fraction of sp³-hybridized carbons (Fsp3) is 0.176. The number of sulfone groups is 1. The highest BCUT2D eigenvalue weighted by molar-refractivity contribution is 7.92. The number of amides is 1. The van der Waals surface area contributed by atoms with Gasteiger partial charge in [-0.1, -0.05) is 29.0 Å². The Kier molecular flexibility index (Phi) is 5.17. The number of fused-ring (bicyclic) bond motifs is 1. The number of aromatic nitrogens is 1. The van der Waals surface area contributed by atoms with Gasteiger partial charge in [-0.05, 0) is 55.3 Å². The van der Waals surface area contributed by atoms with E-state index in [1.807, 2.05) is 26.0 Å². The molecule has 2 aromatic carbocycles. The molecule has 0 aliphatic rings. The molecular weight excluding hydrogens is 394 g/mol. The minimum absolute atomic E-state index is 0.0446. The minimum atomic E-state index is -3.75. The second-order valence-electron chi connectivity index (χ2n) is 5.83.